The van der Waals surface area contributed by atoms with Gasteiger partial charge in [0.25, 0.3) is 0 Å². The van der Waals surface area contributed by atoms with Crippen molar-refractivity contribution in [2.75, 3.05) is 6.54 Å². The highest BCUT2D eigenvalue weighted by atomic mass is 19.1. The van der Waals surface area contributed by atoms with Crippen LogP contribution in [0.25, 0.3) is 0 Å². The van der Waals surface area contributed by atoms with E-state index in [2.05, 4.69) is 0 Å². The summed E-state index contributed by atoms with van der Waals surface area (Å²) >= 11 is 0. The lowest BCUT2D eigenvalue weighted by Crippen LogP contribution is -2.33. The summed E-state index contributed by atoms with van der Waals surface area (Å²) in [6.45, 7) is 4.15. The molecule has 0 amide bonds. The maximum atomic E-state index is 12.8. The van der Waals surface area contributed by atoms with Crippen molar-refractivity contribution >= 4 is 0 Å². The van der Waals surface area contributed by atoms with E-state index in [-0.39, 0.29) is 6.61 Å². The second-order valence-corrected chi connectivity index (χ2v) is 4.03. The third-order valence-corrected chi connectivity index (χ3v) is 2.04. The maximum Gasteiger partial charge on any atom is 0.126 e. The first-order valence-corrected chi connectivity index (χ1v) is 4.72. The minimum Gasteiger partial charge on any atom is -0.370 e. The van der Waals surface area contributed by atoms with Crippen LogP contribution in [0.3, 0.4) is 0 Å². The lowest BCUT2D eigenvalue weighted by atomic mass is 10.1. The summed E-state index contributed by atoms with van der Waals surface area (Å²) < 4.78 is 31.0. The number of benzene rings is 1. The topological polar surface area (TPSA) is 35.2 Å². The molecule has 0 fully saturated rings. The Morgan fingerprint density at radius 1 is 1.20 bits per heavy atom. The monoisotopic (exact) mass is 215 g/mol. The van der Waals surface area contributed by atoms with E-state index in [4.69, 9.17) is 10.5 Å². The molecule has 0 heterocycles. The van der Waals surface area contributed by atoms with Crippen LogP contribution in [0.15, 0.2) is 18.2 Å². The largest absolute Gasteiger partial charge is 0.370 e. The molecule has 2 nitrogen and oxygen atoms in total. The molecule has 0 aromatic heterocycles. The Morgan fingerprint density at radius 3 is 2.20 bits per heavy atom. The molecule has 4 heteroatoms. The van der Waals surface area contributed by atoms with Gasteiger partial charge in [0.2, 0.25) is 0 Å². The molecule has 0 aliphatic carbocycles. The number of ether oxygens (including phenoxy) is 1. The highest BCUT2D eigenvalue weighted by molar-refractivity contribution is 5.17. The molecule has 1 rings (SSSR count). The van der Waals surface area contributed by atoms with Crippen LogP contribution in [0.2, 0.25) is 0 Å². The first-order valence-electron chi connectivity index (χ1n) is 4.72. The first kappa shape index (κ1) is 12.1. The van der Waals surface area contributed by atoms with Crippen LogP contribution in [0, 0.1) is 11.6 Å². The zero-order valence-electron chi connectivity index (χ0n) is 8.89. The Morgan fingerprint density at radius 2 is 1.73 bits per heavy atom. The van der Waals surface area contributed by atoms with Crippen LogP contribution >= 0.6 is 0 Å². The van der Waals surface area contributed by atoms with Crippen molar-refractivity contribution < 1.29 is 13.5 Å². The van der Waals surface area contributed by atoms with Crippen molar-refractivity contribution in [1.29, 1.82) is 0 Å². The first-order chi connectivity index (χ1) is 6.93. The van der Waals surface area contributed by atoms with Crippen molar-refractivity contribution in [2.45, 2.75) is 26.1 Å². The van der Waals surface area contributed by atoms with Crippen molar-refractivity contribution in [2.24, 2.45) is 5.73 Å². The van der Waals surface area contributed by atoms with Gasteiger partial charge in [-0.3, -0.25) is 0 Å². The van der Waals surface area contributed by atoms with Crippen LogP contribution in [0.5, 0.6) is 0 Å². The van der Waals surface area contributed by atoms with Crippen LogP contribution in [0.1, 0.15) is 19.4 Å². The third kappa shape index (κ3) is 3.93. The summed E-state index contributed by atoms with van der Waals surface area (Å²) in [6, 6.07) is 3.32. The minimum absolute atomic E-state index is 0.152. The molecule has 0 spiro atoms. The molecule has 0 saturated heterocycles. The van der Waals surface area contributed by atoms with Crippen LogP contribution in [-0.4, -0.2) is 12.1 Å². The number of rotatable bonds is 4. The number of nitrogens with two attached hydrogens (primary N) is 1. The van der Waals surface area contributed by atoms with E-state index >= 15 is 0 Å². The molecule has 0 saturated carbocycles. The molecule has 15 heavy (non-hydrogen) atoms. The Labute approximate surface area is 88.0 Å². The maximum absolute atomic E-state index is 12.8. The molecule has 0 aliphatic rings. The number of hydrogen-bond donors (Lipinski definition) is 1. The Bertz CT molecular complexity index is 319. The quantitative estimate of drug-likeness (QED) is 0.835. The van der Waals surface area contributed by atoms with Gasteiger partial charge in [-0.2, -0.15) is 0 Å². The van der Waals surface area contributed by atoms with E-state index in [0.29, 0.717) is 12.1 Å². The van der Waals surface area contributed by atoms with Gasteiger partial charge >= 0.3 is 0 Å². The summed E-state index contributed by atoms with van der Waals surface area (Å²) in [5.41, 5.74) is 5.44. The molecular formula is C11H15F2NO. The molecule has 0 atom stereocenters. The highest BCUT2D eigenvalue weighted by Crippen LogP contribution is 2.13. The van der Waals surface area contributed by atoms with E-state index in [1.807, 2.05) is 13.8 Å². The summed E-state index contributed by atoms with van der Waals surface area (Å²) in [4.78, 5) is 0. The normalized spacial score (nSPS) is 11.8. The SMILES string of the molecule is CC(C)(CN)OCc1cc(F)cc(F)c1. The van der Waals surface area contributed by atoms with Crippen molar-refractivity contribution in [3.63, 3.8) is 0 Å². The molecule has 1 aromatic rings. The standard InChI is InChI=1S/C11H15F2NO/c1-11(2,7-14)15-6-8-3-9(12)5-10(13)4-8/h3-5H,6-7,14H2,1-2H3. The minimum atomic E-state index is -0.598. The number of halogens is 2. The molecule has 0 bridgehead atoms. The Hall–Kier alpha value is -1.00. The fraction of sp³-hybridized carbons (Fsp3) is 0.455. The lowest BCUT2D eigenvalue weighted by Gasteiger charge is -2.23. The second-order valence-electron chi connectivity index (χ2n) is 4.03. The van der Waals surface area contributed by atoms with E-state index in [1.165, 1.54) is 12.1 Å². The smallest absolute Gasteiger partial charge is 0.126 e. The van der Waals surface area contributed by atoms with Gasteiger partial charge in [0, 0.05) is 12.6 Å². The molecular weight excluding hydrogens is 200 g/mol. The van der Waals surface area contributed by atoms with Gasteiger partial charge in [0.15, 0.2) is 0 Å². The van der Waals surface area contributed by atoms with Gasteiger partial charge in [-0.1, -0.05) is 0 Å². The van der Waals surface area contributed by atoms with Gasteiger partial charge in [-0.05, 0) is 31.5 Å². The molecule has 0 aliphatic heterocycles. The van der Waals surface area contributed by atoms with Gasteiger partial charge in [0.1, 0.15) is 11.6 Å². The van der Waals surface area contributed by atoms with Crippen LogP contribution < -0.4 is 5.73 Å². The van der Waals surface area contributed by atoms with E-state index < -0.39 is 17.2 Å². The summed E-state index contributed by atoms with van der Waals surface area (Å²) in [5, 5.41) is 0. The van der Waals surface area contributed by atoms with E-state index in [1.54, 1.807) is 0 Å². The van der Waals surface area contributed by atoms with Crippen molar-refractivity contribution in [3.8, 4) is 0 Å². The highest BCUT2D eigenvalue weighted by Gasteiger charge is 2.15. The average Bonchev–Trinajstić information content (AvgIpc) is 2.14. The summed E-state index contributed by atoms with van der Waals surface area (Å²) in [5.74, 6) is -1.20. The molecule has 0 radical (unpaired) electrons. The van der Waals surface area contributed by atoms with Gasteiger partial charge in [-0.15, -0.1) is 0 Å². The fourth-order valence-corrected chi connectivity index (χ4v) is 1.03. The second kappa shape index (κ2) is 4.68. The van der Waals surface area contributed by atoms with Crippen molar-refractivity contribution in [1.82, 2.24) is 0 Å². The van der Waals surface area contributed by atoms with Crippen LogP contribution in [0.4, 0.5) is 8.78 Å². The van der Waals surface area contributed by atoms with Crippen LogP contribution in [-0.2, 0) is 11.3 Å². The molecule has 0 unspecified atom stereocenters. The Balaban J connectivity index is 2.65. The average molecular weight is 215 g/mol. The van der Waals surface area contributed by atoms with Gasteiger partial charge < -0.3 is 10.5 Å². The predicted octanol–water partition coefficient (Wildman–Crippen LogP) is 2.22. The van der Waals surface area contributed by atoms with Gasteiger partial charge in [0.05, 0.1) is 12.2 Å². The van der Waals surface area contributed by atoms with E-state index in [0.717, 1.165) is 6.07 Å². The zero-order valence-corrected chi connectivity index (χ0v) is 8.89. The lowest BCUT2D eigenvalue weighted by molar-refractivity contribution is -0.0223. The Kier molecular flexibility index (Phi) is 3.77. The fourth-order valence-electron chi connectivity index (χ4n) is 1.03. The number of hydrogen-bond acceptors (Lipinski definition) is 2. The zero-order chi connectivity index (χ0) is 11.5. The molecule has 2 N–H and O–H groups in total. The molecule has 1 aromatic carbocycles. The third-order valence-electron chi connectivity index (χ3n) is 2.04. The summed E-state index contributed by atoms with van der Waals surface area (Å²) in [6.07, 6.45) is 0. The molecule has 84 valence electrons. The van der Waals surface area contributed by atoms with E-state index in [9.17, 15) is 8.78 Å². The van der Waals surface area contributed by atoms with Gasteiger partial charge in [-0.25, -0.2) is 8.78 Å². The van der Waals surface area contributed by atoms with Crippen molar-refractivity contribution in [3.05, 3.63) is 35.4 Å². The summed E-state index contributed by atoms with van der Waals surface area (Å²) in [7, 11) is 0. The predicted molar refractivity (Wildman–Crippen MR) is 54.3 cm³/mol.